The lowest BCUT2D eigenvalue weighted by Crippen LogP contribution is -2.49. The minimum Gasteiger partial charge on any atom is -0.484 e. The molecule has 0 bridgehead atoms. The molecule has 0 unspecified atom stereocenters. The number of ether oxygens (including phenoxy) is 1. The number of hydrogen-bond acceptors (Lipinski definition) is 5. The number of rotatable bonds is 9. The molecule has 5 rings (SSSR count). The van der Waals surface area contributed by atoms with Crippen molar-refractivity contribution in [2.75, 3.05) is 38.1 Å². The monoisotopic (exact) mass is 555 g/mol. The Kier molecular flexibility index (Phi) is 8.60. The summed E-state index contributed by atoms with van der Waals surface area (Å²) in [6.07, 6.45) is 0. The second-order valence-corrected chi connectivity index (χ2v) is 11.8. The predicted molar refractivity (Wildman–Crippen MR) is 157 cm³/mol. The Morgan fingerprint density at radius 2 is 1.40 bits per heavy atom. The lowest BCUT2D eigenvalue weighted by Gasteiger charge is -2.39. The van der Waals surface area contributed by atoms with Crippen molar-refractivity contribution < 1.29 is 17.9 Å². The van der Waals surface area contributed by atoms with Crippen LogP contribution in [0.15, 0.2) is 114 Å². The van der Waals surface area contributed by atoms with E-state index >= 15 is 0 Å². The van der Waals surface area contributed by atoms with Gasteiger partial charge in [-0.3, -0.25) is 9.69 Å². The third kappa shape index (κ3) is 6.59. The van der Waals surface area contributed by atoms with Crippen molar-refractivity contribution in [3.63, 3.8) is 0 Å². The first kappa shape index (κ1) is 27.6. The van der Waals surface area contributed by atoms with Crippen molar-refractivity contribution in [2.24, 2.45) is 0 Å². The highest BCUT2D eigenvalue weighted by molar-refractivity contribution is 7.89. The number of piperazine rings is 1. The van der Waals surface area contributed by atoms with Gasteiger partial charge in [0, 0.05) is 31.9 Å². The maximum Gasteiger partial charge on any atom is 0.262 e. The quantitative estimate of drug-likeness (QED) is 0.311. The standard InChI is InChI=1S/C32H33N3O4S/c1-25-9-8-14-29(23-25)39-24-31(36)33-28-15-17-30(18-16-28)40(37,38)35-21-19-34(20-22-35)32(26-10-4-2-5-11-26)27-12-6-3-7-13-27/h2-18,23,32H,19-22,24H2,1H3,(H,33,36). The molecule has 1 amide bonds. The summed E-state index contributed by atoms with van der Waals surface area (Å²) in [6, 6.07) is 34.5. The zero-order valence-corrected chi connectivity index (χ0v) is 23.3. The van der Waals surface area contributed by atoms with Gasteiger partial charge in [-0.2, -0.15) is 4.31 Å². The Morgan fingerprint density at radius 1 is 0.800 bits per heavy atom. The van der Waals surface area contributed by atoms with Gasteiger partial charge in [-0.05, 0) is 60.0 Å². The molecule has 0 radical (unpaired) electrons. The second-order valence-electron chi connectivity index (χ2n) is 9.84. The van der Waals surface area contributed by atoms with Crippen LogP contribution in [-0.2, 0) is 14.8 Å². The van der Waals surface area contributed by atoms with Crippen LogP contribution in [0.1, 0.15) is 22.7 Å². The van der Waals surface area contributed by atoms with Crippen LogP contribution in [0.4, 0.5) is 5.69 Å². The minimum atomic E-state index is -3.67. The normalized spacial score (nSPS) is 14.7. The van der Waals surface area contributed by atoms with Gasteiger partial charge in [0.2, 0.25) is 10.0 Å². The van der Waals surface area contributed by atoms with Crippen molar-refractivity contribution in [2.45, 2.75) is 17.9 Å². The van der Waals surface area contributed by atoms with E-state index in [2.05, 4.69) is 34.5 Å². The summed E-state index contributed by atoms with van der Waals surface area (Å²) in [4.78, 5) is 14.9. The lowest BCUT2D eigenvalue weighted by molar-refractivity contribution is -0.118. The molecular weight excluding hydrogens is 522 g/mol. The lowest BCUT2D eigenvalue weighted by atomic mass is 9.96. The van der Waals surface area contributed by atoms with Gasteiger partial charge in [-0.25, -0.2) is 8.42 Å². The van der Waals surface area contributed by atoms with Gasteiger partial charge in [0.1, 0.15) is 5.75 Å². The van der Waals surface area contributed by atoms with E-state index < -0.39 is 10.0 Å². The number of anilines is 1. The van der Waals surface area contributed by atoms with Gasteiger partial charge in [0.25, 0.3) is 5.91 Å². The number of sulfonamides is 1. The molecule has 0 atom stereocenters. The number of nitrogens with one attached hydrogen (secondary N) is 1. The molecule has 7 nitrogen and oxygen atoms in total. The summed E-state index contributed by atoms with van der Waals surface area (Å²) in [5.74, 6) is 0.301. The van der Waals surface area contributed by atoms with Crippen LogP contribution in [0.3, 0.4) is 0 Å². The molecule has 4 aromatic carbocycles. The van der Waals surface area contributed by atoms with Crippen molar-refractivity contribution in [3.8, 4) is 5.75 Å². The Hall–Kier alpha value is -3.98. The molecule has 1 N–H and O–H groups in total. The van der Waals surface area contributed by atoms with Crippen molar-refractivity contribution in [1.29, 1.82) is 0 Å². The van der Waals surface area contributed by atoms with E-state index in [1.54, 1.807) is 22.5 Å². The van der Waals surface area contributed by atoms with Crippen LogP contribution in [0, 0.1) is 6.92 Å². The van der Waals surface area contributed by atoms with Crippen LogP contribution >= 0.6 is 0 Å². The molecule has 40 heavy (non-hydrogen) atoms. The van der Waals surface area contributed by atoms with E-state index in [9.17, 15) is 13.2 Å². The molecule has 1 heterocycles. The summed E-state index contributed by atoms with van der Waals surface area (Å²) < 4.78 is 33.9. The van der Waals surface area contributed by atoms with Gasteiger partial charge in [-0.1, -0.05) is 72.8 Å². The van der Waals surface area contributed by atoms with Gasteiger partial charge in [-0.15, -0.1) is 0 Å². The third-order valence-corrected chi connectivity index (χ3v) is 8.92. The number of nitrogens with zero attached hydrogens (tertiary/aromatic N) is 2. The van der Waals surface area contributed by atoms with Gasteiger partial charge < -0.3 is 10.1 Å². The first-order valence-corrected chi connectivity index (χ1v) is 14.8. The van der Waals surface area contributed by atoms with Crippen molar-refractivity contribution in [1.82, 2.24) is 9.21 Å². The number of amides is 1. The molecule has 8 heteroatoms. The first-order chi connectivity index (χ1) is 19.4. The fourth-order valence-corrected chi connectivity index (χ4v) is 6.42. The summed E-state index contributed by atoms with van der Waals surface area (Å²) >= 11 is 0. The SMILES string of the molecule is Cc1cccc(OCC(=O)Nc2ccc(S(=O)(=O)N3CCN(C(c4ccccc4)c4ccccc4)CC3)cc2)c1. The van der Waals surface area contributed by atoms with E-state index in [1.807, 2.05) is 61.5 Å². The Morgan fingerprint density at radius 3 is 1.98 bits per heavy atom. The predicted octanol–water partition coefficient (Wildman–Crippen LogP) is 5.11. The van der Waals surface area contributed by atoms with Crippen LogP contribution < -0.4 is 10.1 Å². The number of aryl methyl sites for hydroxylation is 1. The molecule has 206 valence electrons. The maximum absolute atomic E-state index is 13.4. The Bertz CT molecular complexity index is 1480. The average molecular weight is 556 g/mol. The first-order valence-electron chi connectivity index (χ1n) is 13.3. The minimum absolute atomic E-state index is 0.0602. The van der Waals surface area contributed by atoms with Crippen molar-refractivity contribution in [3.05, 3.63) is 126 Å². The summed E-state index contributed by atoms with van der Waals surface area (Å²) in [5, 5.41) is 2.76. The molecule has 1 saturated heterocycles. The van der Waals surface area contributed by atoms with E-state index in [0.717, 1.165) is 5.56 Å². The maximum atomic E-state index is 13.4. The van der Waals surface area contributed by atoms with E-state index in [1.165, 1.54) is 23.3 Å². The van der Waals surface area contributed by atoms with Gasteiger partial charge in [0.05, 0.1) is 10.9 Å². The molecule has 0 aliphatic carbocycles. The fourth-order valence-electron chi connectivity index (χ4n) is 5.00. The number of hydrogen-bond donors (Lipinski definition) is 1. The molecule has 0 spiro atoms. The largest absolute Gasteiger partial charge is 0.484 e. The summed E-state index contributed by atoms with van der Waals surface area (Å²) in [7, 11) is -3.67. The average Bonchev–Trinajstić information content (AvgIpc) is 2.98. The number of carbonyl (C=O) groups is 1. The zero-order valence-electron chi connectivity index (χ0n) is 22.4. The topological polar surface area (TPSA) is 78.9 Å². The van der Waals surface area contributed by atoms with E-state index in [0.29, 0.717) is 37.6 Å². The fraction of sp³-hybridized carbons (Fsp3) is 0.219. The van der Waals surface area contributed by atoms with Crippen LogP contribution in [-0.4, -0.2) is 56.3 Å². The molecular formula is C32H33N3O4S. The van der Waals surface area contributed by atoms with E-state index in [-0.39, 0.29) is 23.5 Å². The third-order valence-electron chi connectivity index (χ3n) is 7.00. The van der Waals surface area contributed by atoms with Crippen LogP contribution in [0.25, 0.3) is 0 Å². The summed E-state index contributed by atoms with van der Waals surface area (Å²) in [6.45, 7) is 3.83. The van der Waals surface area contributed by atoms with Crippen LogP contribution in [0.2, 0.25) is 0 Å². The molecule has 1 fully saturated rings. The molecule has 1 aliphatic heterocycles. The van der Waals surface area contributed by atoms with Crippen LogP contribution in [0.5, 0.6) is 5.75 Å². The highest BCUT2D eigenvalue weighted by atomic mass is 32.2. The second kappa shape index (κ2) is 12.5. The van der Waals surface area contributed by atoms with Gasteiger partial charge in [0.15, 0.2) is 6.61 Å². The van der Waals surface area contributed by atoms with E-state index in [4.69, 9.17) is 4.74 Å². The van der Waals surface area contributed by atoms with Crippen molar-refractivity contribution >= 4 is 21.6 Å². The summed E-state index contributed by atoms with van der Waals surface area (Å²) in [5.41, 5.74) is 3.93. The Labute approximate surface area is 236 Å². The molecule has 0 saturated carbocycles. The van der Waals surface area contributed by atoms with Gasteiger partial charge >= 0.3 is 0 Å². The molecule has 1 aliphatic rings. The highest BCUT2D eigenvalue weighted by Gasteiger charge is 2.32. The number of carbonyl (C=O) groups excluding carboxylic acids is 1. The molecule has 4 aromatic rings. The zero-order chi connectivity index (χ0) is 28.0. The Balaban J connectivity index is 1.20. The number of benzene rings is 4. The highest BCUT2D eigenvalue weighted by Crippen LogP contribution is 2.30. The molecule has 0 aromatic heterocycles. The smallest absolute Gasteiger partial charge is 0.262 e.